The molecule has 2 amide bonds. The van der Waals surface area contributed by atoms with Crippen LogP contribution in [0, 0.1) is 0 Å². The van der Waals surface area contributed by atoms with Gasteiger partial charge in [0.1, 0.15) is 23.4 Å². The zero-order valence-corrected chi connectivity index (χ0v) is 25.7. The van der Waals surface area contributed by atoms with Gasteiger partial charge in [0.05, 0.1) is 13.2 Å². The second-order valence-electron chi connectivity index (χ2n) is 9.27. The van der Waals surface area contributed by atoms with Crippen molar-refractivity contribution in [3.05, 3.63) is 33.4 Å². The summed E-state index contributed by atoms with van der Waals surface area (Å²) in [4.78, 5) is 89.3. The fraction of sp³-hybridized carbons (Fsp3) is 0.500. The summed E-state index contributed by atoms with van der Waals surface area (Å²) in [6, 6.07) is -1.26. The van der Waals surface area contributed by atoms with Crippen molar-refractivity contribution in [2.45, 2.75) is 56.1 Å². The number of thioether (sulfide) groups is 2. The second-order valence-corrected chi connectivity index (χ2v) is 11.3. The average molecular weight is 654 g/mol. The number of nitrogens with zero attached hydrogens (tertiary/aromatic N) is 5. The van der Waals surface area contributed by atoms with Crippen LogP contribution < -0.4 is 5.56 Å². The molecular weight excluding hydrogens is 622 g/mol. The van der Waals surface area contributed by atoms with Crippen LogP contribution >= 0.6 is 23.5 Å². The molecule has 3 heterocycles. The van der Waals surface area contributed by atoms with Crippen LogP contribution in [0.15, 0.2) is 33.0 Å². The highest BCUT2D eigenvalue weighted by molar-refractivity contribution is 8.01. The van der Waals surface area contributed by atoms with Crippen molar-refractivity contribution >= 4 is 59.5 Å². The first-order valence-electron chi connectivity index (χ1n) is 13.4. The van der Waals surface area contributed by atoms with Crippen molar-refractivity contribution in [2.75, 3.05) is 24.7 Å². The van der Waals surface area contributed by atoms with Crippen LogP contribution in [-0.2, 0) is 45.3 Å². The first kappa shape index (κ1) is 34.3. The standard InChI is InChI=1S/C26H31N5O11S2/c1-4-41-24(39)15(25(40)42-5-2)11-30(16(33)9-7-6-8-10-32)18-20(35)31-17(23(37)38)14(12-43-22(18)31)13-44-26-28-27-19(34)21(36)29(26)3/h10-11,18,22H,4-9,12-13H2,1-3H3,(H,27,34)(H,37,38)/t18?,22-/m0/s1. The highest BCUT2D eigenvalue weighted by atomic mass is 32.2. The molecule has 2 N–H and O–H groups in total. The minimum Gasteiger partial charge on any atom is -0.488 e. The van der Waals surface area contributed by atoms with Gasteiger partial charge in [0.2, 0.25) is 5.91 Å². The van der Waals surface area contributed by atoms with Gasteiger partial charge >= 0.3 is 23.5 Å². The Labute approximate surface area is 259 Å². The van der Waals surface area contributed by atoms with Crippen LogP contribution in [0.3, 0.4) is 0 Å². The monoisotopic (exact) mass is 653 g/mol. The zero-order valence-electron chi connectivity index (χ0n) is 24.1. The lowest BCUT2D eigenvalue weighted by Gasteiger charge is -2.52. The van der Waals surface area contributed by atoms with Gasteiger partial charge in [-0.3, -0.25) is 23.9 Å². The number of amides is 2. The average Bonchev–Trinajstić information content (AvgIpc) is 2.99. The molecule has 3 rings (SSSR count). The number of ether oxygens (including phenoxy) is 2. The minimum absolute atomic E-state index is 0.0116. The lowest BCUT2D eigenvalue weighted by Crippen LogP contribution is -2.70. The Morgan fingerprint density at radius 1 is 1.11 bits per heavy atom. The number of aromatic hydroxyl groups is 1. The van der Waals surface area contributed by atoms with E-state index in [9.17, 15) is 43.8 Å². The van der Waals surface area contributed by atoms with Crippen LogP contribution in [0.2, 0.25) is 0 Å². The van der Waals surface area contributed by atoms with Crippen LogP contribution in [0.4, 0.5) is 0 Å². The van der Waals surface area contributed by atoms with E-state index in [4.69, 9.17) is 9.47 Å². The number of carboxylic acid groups (broad SMARTS) is 1. The van der Waals surface area contributed by atoms with E-state index in [0.717, 1.165) is 32.3 Å². The second kappa shape index (κ2) is 15.5. The van der Waals surface area contributed by atoms with Gasteiger partial charge in [-0.15, -0.1) is 22.0 Å². The number of aldehydes is 1. The highest BCUT2D eigenvalue weighted by Gasteiger charge is 2.56. The summed E-state index contributed by atoms with van der Waals surface area (Å²) < 4.78 is 11.0. The van der Waals surface area contributed by atoms with Gasteiger partial charge < -0.3 is 29.4 Å². The largest absolute Gasteiger partial charge is 0.488 e. The SMILES string of the molecule is CCOC(=O)C(=CN(C(=O)CCCCC=O)C1C(=O)N2C(C(=O)O)=C(CSc3nnc(O)c(=O)n3C)CS[C@@H]12)C(=O)OCC. The molecule has 0 spiro atoms. The molecule has 18 heteroatoms. The number of aliphatic carboxylic acids is 1. The molecule has 1 saturated heterocycles. The van der Waals surface area contributed by atoms with Crippen molar-refractivity contribution in [3.63, 3.8) is 0 Å². The fourth-order valence-corrected chi connectivity index (χ4v) is 6.74. The van der Waals surface area contributed by atoms with E-state index in [-0.39, 0.29) is 54.8 Å². The highest BCUT2D eigenvalue weighted by Crippen LogP contribution is 2.44. The smallest absolute Gasteiger partial charge is 0.352 e. The molecule has 16 nitrogen and oxygen atoms in total. The van der Waals surface area contributed by atoms with Crippen molar-refractivity contribution in [1.82, 2.24) is 24.6 Å². The van der Waals surface area contributed by atoms with Crippen LogP contribution in [0.5, 0.6) is 5.88 Å². The van der Waals surface area contributed by atoms with Gasteiger partial charge in [0, 0.05) is 37.6 Å². The van der Waals surface area contributed by atoms with Gasteiger partial charge in [-0.2, -0.15) is 0 Å². The molecule has 0 aromatic carbocycles. The van der Waals surface area contributed by atoms with E-state index in [2.05, 4.69) is 10.2 Å². The van der Waals surface area contributed by atoms with Gasteiger partial charge in [-0.1, -0.05) is 11.8 Å². The molecule has 238 valence electrons. The Balaban J connectivity index is 1.96. The van der Waals surface area contributed by atoms with E-state index in [0.29, 0.717) is 18.3 Å². The molecule has 2 aliphatic heterocycles. The van der Waals surface area contributed by atoms with E-state index in [1.807, 2.05) is 0 Å². The number of esters is 2. The number of aromatic nitrogens is 3. The Morgan fingerprint density at radius 3 is 2.36 bits per heavy atom. The number of fused-ring (bicyclic) bond motifs is 1. The summed E-state index contributed by atoms with van der Waals surface area (Å²) in [6.07, 6.45) is 2.38. The lowest BCUT2D eigenvalue weighted by atomic mass is 10.0. The van der Waals surface area contributed by atoms with E-state index < -0.39 is 58.2 Å². The van der Waals surface area contributed by atoms with E-state index in [1.54, 1.807) is 0 Å². The maximum Gasteiger partial charge on any atom is 0.352 e. The summed E-state index contributed by atoms with van der Waals surface area (Å²) in [5.41, 5.74) is -1.38. The summed E-state index contributed by atoms with van der Waals surface area (Å²) in [6.45, 7) is 2.88. The van der Waals surface area contributed by atoms with Crippen LogP contribution in [0.1, 0.15) is 39.5 Å². The Bertz CT molecular complexity index is 1440. The first-order valence-corrected chi connectivity index (χ1v) is 15.5. The molecule has 0 bridgehead atoms. The first-order chi connectivity index (χ1) is 21.0. The van der Waals surface area contributed by atoms with Crippen LogP contribution in [-0.4, -0.2) is 107 Å². The topological polar surface area (TPSA) is 216 Å². The van der Waals surface area contributed by atoms with Gasteiger partial charge in [-0.25, -0.2) is 14.4 Å². The van der Waals surface area contributed by atoms with Crippen LogP contribution in [0.25, 0.3) is 0 Å². The van der Waals surface area contributed by atoms with Crippen molar-refractivity contribution in [2.24, 2.45) is 7.05 Å². The van der Waals surface area contributed by atoms with E-state index >= 15 is 0 Å². The summed E-state index contributed by atoms with van der Waals surface area (Å²) in [7, 11) is 1.36. The van der Waals surface area contributed by atoms with E-state index in [1.165, 1.54) is 32.7 Å². The predicted octanol–water partition coefficient (Wildman–Crippen LogP) is 0.193. The van der Waals surface area contributed by atoms with Crippen molar-refractivity contribution in [1.29, 1.82) is 0 Å². The summed E-state index contributed by atoms with van der Waals surface area (Å²) in [5.74, 6) is -5.59. The molecule has 1 aromatic heterocycles. The molecule has 1 fully saturated rings. The number of hydrogen-bond donors (Lipinski definition) is 2. The minimum atomic E-state index is -1.40. The Kier molecular flexibility index (Phi) is 12.1. The number of carboxylic acids is 1. The summed E-state index contributed by atoms with van der Waals surface area (Å²) in [5, 5.41) is 25.9. The number of carbonyl (C=O) groups excluding carboxylic acids is 5. The zero-order chi connectivity index (χ0) is 32.6. The number of β-lactam (4-membered cyclic amide) rings is 1. The Hall–Kier alpha value is -4.19. The predicted molar refractivity (Wildman–Crippen MR) is 154 cm³/mol. The quantitative estimate of drug-likeness (QED) is 0.0378. The molecule has 2 aliphatic rings. The van der Waals surface area contributed by atoms with Crippen molar-refractivity contribution in [3.8, 4) is 5.88 Å². The molecule has 0 radical (unpaired) electrons. The van der Waals surface area contributed by atoms with Gasteiger partial charge in [0.25, 0.3) is 11.8 Å². The molecule has 1 unspecified atom stereocenters. The fourth-order valence-electron chi connectivity index (χ4n) is 4.30. The third-order valence-electron chi connectivity index (χ3n) is 6.42. The Morgan fingerprint density at radius 2 is 1.77 bits per heavy atom. The lowest BCUT2D eigenvalue weighted by molar-refractivity contribution is -0.157. The number of carbonyl (C=O) groups is 6. The third-order valence-corrected chi connectivity index (χ3v) is 8.85. The number of hydrogen-bond acceptors (Lipinski definition) is 14. The molecule has 44 heavy (non-hydrogen) atoms. The van der Waals surface area contributed by atoms with Gasteiger partial charge in [-0.05, 0) is 32.3 Å². The molecular formula is C26H31N5O11S2. The maximum atomic E-state index is 13.6. The molecule has 1 aromatic rings. The molecule has 0 saturated carbocycles. The number of unbranched alkanes of at least 4 members (excludes halogenated alkanes) is 2. The van der Waals surface area contributed by atoms with Gasteiger partial charge in [0.15, 0.2) is 10.7 Å². The maximum absolute atomic E-state index is 13.6. The number of rotatable bonds is 15. The normalized spacial score (nSPS) is 17.2. The van der Waals surface area contributed by atoms with Crippen molar-refractivity contribution < 1.29 is 48.5 Å². The third kappa shape index (κ3) is 7.47. The summed E-state index contributed by atoms with van der Waals surface area (Å²) >= 11 is 2.14. The molecule has 0 aliphatic carbocycles. The molecule has 2 atom stereocenters.